The summed E-state index contributed by atoms with van der Waals surface area (Å²) in [5.74, 6) is 0.640. The first kappa shape index (κ1) is 14.3. The molecule has 0 aromatic heterocycles. The fraction of sp³-hybridized carbons (Fsp3) is 0.571. The standard InChI is InChI=1S/C14H19BrClNO/c1-2-14-10(5-6-18-14)8-17-9-11-7-12(15)3-4-13(11)16/h3-4,7,10,14,17H,2,5-6,8-9H2,1H3. The first-order chi connectivity index (χ1) is 8.70. The molecule has 1 aliphatic rings. The quantitative estimate of drug-likeness (QED) is 0.879. The van der Waals surface area contributed by atoms with Crippen LogP contribution in [0, 0.1) is 5.92 Å². The Kier molecular flexibility index (Phi) is 5.49. The third-order valence-corrected chi connectivity index (χ3v) is 4.34. The number of rotatable bonds is 5. The summed E-state index contributed by atoms with van der Waals surface area (Å²) in [5.41, 5.74) is 1.14. The van der Waals surface area contributed by atoms with Gasteiger partial charge in [0.25, 0.3) is 0 Å². The number of benzene rings is 1. The minimum Gasteiger partial charge on any atom is -0.378 e. The highest BCUT2D eigenvalue weighted by atomic mass is 79.9. The third-order valence-electron chi connectivity index (χ3n) is 3.48. The van der Waals surface area contributed by atoms with Crippen LogP contribution in [0.4, 0.5) is 0 Å². The van der Waals surface area contributed by atoms with Crippen LogP contribution >= 0.6 is 27.5 Å². The number of halogens is 2. The molecule has 100 valence electrons. The monoisotopic (exact) mass is 331 g/mol. The van der Waals surface area contributed by atoms with Gasteiger partial charge in [0.15, 0.2) is 0 Å². The lowest BCUT2D eigenvalue weighted by molar-refractivity contribution is 0.0872. The van der Waals surface area contributed by atoms with Gasteiger partial charge in [-0.2, -0.15) is 0 Å². The normalized spacial score (nSPS) is 23.5. The van der Waals surface area contributed by atoms with Crippen LogP contribution in [0.1, 0.15) is 25.3 Å². The van der Waals surface area contributed by atoms with Crippen molar-refractivity contribution in [3.05, 3.63) is 33.3 Å². The zero-order valence-corrected chi connectivity index (χ0v) is 12.9. The Balaban J connectivity index is 1.83. The van der Waals surface area contributed by atoms with Crippen LogP contribution in [0.5, 0.6) is 0 Å². The molecule has 18 heavy (non-hydrogen) atoms. The van der Waals surface area contributed by atoms with E-state index in [-0.39, 0.29) is 0 Å². The van der Waals surface area contributed by atoms with E-state index in [0.29, 0.717) is 12.0 Å². The lowest BCUT2D eigenvalue weighted by atomic mass is 9.99. The molecule has 2 rings (SSSR count). The predicted molar refractivity (Wildman–Crippen MR) is 79.0 cm³/mol. The molecule has 1 fully saturated rings. The molecule has 0 bridgehead atoms. The average Bonchev–Trinajstić information content (AvgIpc) is 2.81. The Morgan fingerprint density at radius 1 is 1.50 bits per heavy atom. The maximum atomic E-state index is 6.16. The van der Waals surface area contributed by atoms with Crippen molar-refractivity contribution >= 4 is 27.5 Å². The summed E-state index contributed by atoms with van der Waals surface area (Å²) in [6.07, 6.45) is 2.69. The van der Waals surface area contributed by atoms with E-state index in [1.807, 2.05) is 12.1 Å². The zero-order valence-electron chi connectivity index (χ0n) is 10.6. The van der Waals surface area contributed by atoms with E-state index in [1.54, 1.807) is 0 Å². The Labute approximate surface area is 122 Å². The van der Waals surface area contributed by atoms with Gasteiger partial charge in [-0.25, -0.2) is 0 Å². The number of hydrogen-bond acceptors (Lipinski definition) is 2. The number of hydrogen-bond donors (Lipinski definition) is 1. The van der Waals surface area contributed by atoms with Crippen molar-refractivity contribution in [2.75, 3.05) is 13.2 Å². The van der Waals surface area contributed by atoms with Gasteiger partial charge in [0.05, 0.1) is 6.10 Å². The van der Waals surface area contributed by atoms with Gasteiger partial charge in [0, 0.05) is 29.2 Å². The molecule has 1 aromatic carbocycles. The van der Waals surface area contributed by atoms with Crippen LogP contribution in [0.3, 0.4) is 0 Å². The third kappa shape index (κ3) is 3.70. The van der Waals surface area contributed by atoms with Crippen LogP contribution < -0.4 is 5.32 Å². The van der Waals surface area contributed by atoms with Crippen LogP contribution in [-0.4, -0.2) is 19.3 Å². The molecule has 4 heteroatoms. The molecule has 1 aromatic rings. The molecule has 2 atom stereocenters. The Hall–Kier alpha value is -0.0900. The maximum Gasteiger partial charge on any atom is 0.0613 e. The Morgan fingerprint density at radius 2 is 2.33 bits per heavy atom. The Morgan fingerprint density at radius 3 is 3.11 bits per heavy atom. The van der Waals surface area contributed by atoms with Crippen molar-refractivity contribution in [3.8, 4) is 0 Å². The van der Waals surface area contributed by atoms with Gasteiger partial charge in [-0.15, -0.1) is 0 Å². The van der Waals surface area contributed by atoms with Crippen LogP contribution in [0.25, 0.3) is 0 Å². The van der Waals surface area contributed by atoms with Crippen molar-refractivity contribution < 1.29 is 4.74 Å². The van der Waals surface area contributed by atoms with Gasteiger partial charge in [0.1, 0.15) is 0 Å². The lowest BCUT2D eigenvalue weighted by Gasteiger charge is -2.17. The highest BCUT2D eigenvalue weighted by Crippen LogP contribution is 2.24. The summed E-state index contributed by atoms with van der Waals surface area (Å²) in [6, 6.07) is 5.96. The molecule has 0 radical (unpaired) electrons. The maximum absolute atomic E-state index is 6.16. The SMILES string of the molecule is CCC1OCCC1CNCc1cc(Br)ccc1Cl. The molecular weight excluding hydrogens is 314 g/mol. The van der Waals surface area contributed by atoms with Gasteiger partial charge >= 0.3 is 0 Å². The molecule has 1 aliphatic heterocycles. The largest absolute Gasteiger partial charge is 0.378 e. The highest BCUT2D eigenvalue weighted by Gasteiger charge is 2.25. The fourth-order valence-corrected chi connectivity index (χ4v) is 3.04. The van der Waals surface area contributed by atoms with Crippen molar-refractivity contribution in [1.82, 2.24) is 5.32 Å². The fourth-order valence-electron chi connectivity index (χ4n) is 2.45. The molecule has 2 nitrogen and oxygen atoms in total. The van der Waals surface area contributed by atoms with Crippen molar-refractivity contribution in [1.29, 1.82) is 0 Å². The van der Waals surface area contributed by atoms with Gasteiger partial charge in [0.2, 0.25) is 0 Å². The van der Waals surface area contributed by atoms with E-state index in [0.717, 1.165) is 47.6 Å². The van der Waals surface area contributed by atoms with Gasteiger partial charge < -0.3 is 10.1 Å². The predicted octanol–water partition coefficient (Wildman–Crippen LogP) is 4.01. The summed E-state index contributed by atoms with van der Waals surface area (Å²) in [7, 11) is 0. The Bertz CT molecular complexity index is 399. The van der Waals surface area contributed by atoms with Crippen LogP contribution in [0.2, 0.25) is 5.02 Å². The van der Waals surface area contributed by atoms with E-state index < -0.39 is 0 Å². The lowest BCUT2D eigenvalue weighted by Crippen LogP contribution is -2.28. The smallest absolute Gasteiger partial charge is 0.0613 e. The van der Waals surface area contributed by atoms with E-state index >= 15 is 0 Å². The molecule has 1 N–H and O–H groups in total. The van der Waals surface area contributed by atoms with Crippen LogP contribution in [-0.2, 0) is 11.3 Å². The first-order valence-electron chi connectivity index (χ1n) is 6.47. The minimum absolute atomic E-state index is 0.426. The van der Waals surface area contributed by atoms with E-state index in [9.17, 15) is 0 Å². The highest BCUT2D eigenvalue weighted by molar-refractivity contribution is 9.10. The topological polar surface area (TPSA) is 21.3 Å². The van der Waals surface area contributed by atoms with E-state index in [4.69, 9.17) is 16.3 Å². The summed E-state index contributed by atoms with van der Waals surface area (Å²) in [4.78, 5) is 0. The van der Waals surface area contributed by atoms with Gasteiger partial charge in [-0.1, -0.05) is 34.5 Å². The van der Waals surface area contributed by atoms with E-state index in [2.05, 4.69) is 34.2 Å². The average molecular weight is 333 g/mol. The second kappa shape index (κ2) is 6.90. The van der Waals surface area contributed by atoms with Crippen molar-refractivity contribution in [2.24, 2.45) is 5.92 Å². The summed E-state index contributed by atoms with van der Waals surface area (Å²) in [5, 5.41) is 4.31. The van der Waals surface area contributed by atoms with Crippen LogP contribution in [0.15, 0.2) is 22.7 Å². The molecule has 1 saturated heterocycles. The van der Waals surface area contributed by atoms with E-state index in [1.165, 1.54) is 0 Å². The van der Waals surface area contributed by atoms with Gasteiger partial charge in [-0.3, -0.25) is 0 Å². The number of ether oxygens (including phenoxy) is 1. The van der Waals surface area contributed by atoms with Gasteiger partial charge in [-0.05, 0) is 42.5 Å². The van der Waals surface area contributed by atoms with Crippen molar-refractivity contribution in [2.45, 2.75) is 32.4 Å². The summed E-state index contributed by atoms with van der Waals surface area (Å²) in [6.45, 7) is 4.91. The minimum atomic E-state index is 0.426. The molecule has 0 saturated carbocycles. The summed E-state index contributed by atoms with van der Waals surface area (Å²) < 4.78 is 6.76. The molecule has 0 amide bonds. The van der Waals surface area contributed by atoms with Crippen molar-refractivity contribution in [3.63, 3.8) is 0 Å². The second-order valence-electron chi connectivity index (χ2n) is 4.73. The molecule has 0 spiro atoms. The zero-order chi connectivity index (χ0) is 13.0. The molecular formula is C14H19BrClNO. The second-order valence-corrected chi connectivity index (χ2v) is 6.06. The molecule has 0 aliphatic carbocycles. The molecule has 2 unspecified atom stereocenters. The molecule has 1 heterocycles. The summed E-state index contributed by atoms with van der Waals surface area (Å²) >= 11 is 9.63. The first-order valence-corrected chi connectivity index (χ1v) is 7.64. The number of nitrogens with one attached hydrogen (secondary N) is 1.